The van der Waals surface area contributed by atoms with E-state index in [1.807, 2.05) is 13.0 Å². The van der Waals surface area contributed by atoms with E-state index in [-0.39, 0.29) is 11.9 Å². The molecule has 0 saturated carbocycles. The molecule has 4 nitrogen and oxygen atoms in total. The van der Waals surface area contributed by atoms with E-state index >= 15 is 0 Å². The molecule has 0 saturated heterocycles. The summed E-state index contributed by atoms with van der Waals surface area (Å²) in [4.78, 5) is 18.9. The van der Waals surface area contributed by atoms with Gasteiger partial charge in [-0.2, -0.15) is 0 Å². The van der Waals surface area contributed by atoms with Crippen molar-refractivity contribution in [1.29, 1.82) is 0 Å². The lowest BCUT2D eigenvalue weighted by Crippen LogP contribution is -2.26. The molecule has 112 valence electrons. The predicted octanol–water partition coefficient (Wildman–Crippen LogP) is 3.76. The summed E-state index contributed by atoms with van der Waals surface area (Å²) in [6.07, 6.45) is 2.65. The van der Waals surface area contributed by atoms with Crippen molar-refractivity contribution in [3.8, 4) is 0 Å². The Morgan fingerprint density at radius 3 is 2.71 bits per heavy atom. The summed E-state index contributed by atoms with van der Waals surface area (Å²) < 4.78 is 0. The van der Waals surface area contributed by atoms with Crippen LogP contribution in [-0.4, -0.2) is 17.4 Å². The number of aryl methyl sites for hydroxylation is 1. The summed E-state index contributed by atoms with van der Waals surface area (Å²) in [7, 11) is 0. The van der Waals surface area contributed by atoms with Crippen LogP contribution in [0.1, 0.15) is 46.4 Å². The lowest BCUT2D eigenvalue weighted by atomic mass is 10.2. The molecular formula is C16H21N3OS. The van der Waals surface area contributed by atoms with E-state index in [0.717, 1.165) is 23.7 Å². The van der Waals surface area contributed by atoms with Crippen LogP contribution in [0, 0.1) is 6.92 Å². The Labute approximate surface area is 129 Å². The molecule has 2 heterocycles. The number of aromatic nitrogens is 1. The van der Waals surface area contributed by atoms with Gasteiger partial charge in [0.25, 0.3) is 5.91 Å². The topological polar surface area (TPSA) is 54.0 Å². The Morgan fingerprint density at radius 1 is 1.33 bits per heavy atom. The Morgan fingerprint density at radius 2 is 2.14 bits per heavy atom. The van der Waals surface area contributed by atoms with Gasteiger partial charge in [0.05, 0.1) is 11.6 Å². The number of nitrogens with one attached hydrogen (secondary N) is 2. The lowest BCUT2D eigenvalue weighted by molar-refractivity contribution is 0.0940. The van der Waals surface area contributed by atoms with Gasteiger partial charge >= 0.3 is 0 Å². The number of carbonyl (C=O) groups is 1. The van der Waals surface area contributed by atoms with Crippen LogP contribution in [0.5, 0.6) is 0 Å². The van der Waals surface area contributed by atoms with E-state index in [4.69, 9.17) is 0 Å². The van der Waals surface area contributed by atoms with Crippen LogP contribution >= 0.6 is 11.3 Å². The lowest BCUT2D eigenvalue weighted by Gasteiger charge is -2.12. The van der Waals surface area contributed by atoms with E-state index in [9.17, 15) is 4.79 Å². The smallest absolute Gasteiger partial charge is 0.253 e. The van der Waals surface area contributed by atoms with Gasteiger partial charge in [-0.3, -0.25) is 4.79 Å². The van der Waals surface area contributed by atoms with Gasteiger partial charge in [-0.1, -0.05) is 6.92 Å². The first-order valence-corrected chi connectivity index (χ1v) is 7.99. The molecule has 0 aliphatic rings. The largest absolute Gasteiger partial charge is 0.370 e. The molecule has 1 atom stereocenters. The van der Waals surface area contributed by atoms with Crippen LogP contribution < -0.4 is 10.6 Å². The summed E-state index contributed by atoms with van der Waals surface area (Å²) in [5.74, 6) is 0.707. The molecule has 0 aromatic carbocycles. The molecule has 1 amide bonds. The van der Waals surface area contributed by atoms with E-state index < -0.39 is 0 Å². The van der Waals surface area contributed by atoms with Crippen molar-refractivity contribution in [3.63, 3.8) is 0 Å². The molecule has 0 bridgehead atoms. The highest BCUT2D eigenvalue weighted by atomic mass is 32.1. The number of amides is 1. The van der Waals surface area contributed by atoms with E-state index in [0.29, 0.717) is 5.56 Å². The standard InChI is InChI=1S/C16H21N3OS/c1-4-9-17-15-8-6-13(10-18-15)16(20)19-12(3)14-7-5-11(2)21-14/h5-8,10,12H,4,9H2,1-3H3,(H,17,18)(H,19,20). The molecule has 2 aromatic rings. The zero-order valence-corrected chi connectivity index (χ0v) is 13.5. The molecule has 2 aromatic heterocycles. The highest BCUT2D eigenvalue weighted by Crippen LogP contribution is 2.22. The molecule has 21 heavy (non-hydrogen) atoms. The number of nitrogens with zero attached hydrogens (tertiary/aromatic N) is 1. The van der Waals surface area contributed by atoms with Crippen LogP contribution in [0.25, 0.3) is 0 Å². The molecule has 1 unspecified atom stereocenters. The quantitative estimate of drug-likeness (QED) is 0.854. The normalized spacial score (nSPS) is 12.0. The molecule has 0 fully saturated rings. The summed E-state index contributed by atoms with van der Waals surface area (Å²) in [5, 5.41) is 6.19. The molecule has 2 N–H and O–H groups in total. The fraction of sp³-hybridized carbons (Fsp3) is 0.375. The molecule has 0 spiro atoms. The first-order chi connectivity index (χ1) is 10.1. The average molecular weight is 303 g/mol. The van der Waals surface area contributed by atoms with E-state index in [2.05, 4.69) is 41.6 Å². The minimum atomic E-state index is -0.0944. The predicted molar refractivity (Wildman–Crippen MR) is 88.0 cm³/mol. The maximum atomic E-state index is 12.2. The molecule has 2 rings (SSSR count). The third kappa shape index (κ3) is 4.29. The van der Waals surface area contributed by atoms with Crippen LogP contribution in [0.2, 0.25) is 0 Å². The number of hydrogen-bond acceptors (Lipinski definition) is 4. The summed E-state index contributed by atoms with van der Waals surface area (Å²) in [5.41, 5.74) is 0.581. The maximum absolute atomic E-state index is 12.2. The van der Waals surface area contributed by atoms with Gasteiger partial charge in [-0.05, 0) is 44.5 Å². The second-order valence-electron chi connectivity index (χ2n) is 5.00. The Bertz CT molecular complexity index is 592. The number of carbonyl (C=O) groups excluding carboxylic acids is 1. The SMILES string of the molecule is CCCNc1ccc(C(=O)NC(C)c2ccc(C)s2)cn1. The number of hydrogen-bond donors (Lipinski definition) is 2. The van der Waals surface area contributed by atoms with Crippen molar-refractivity contribution in [1.82, 2.24) is 10.3 Å². The summed E-state index contributed by atoms with van der Waals surface area (Å²) >= 11 is 1.70. The average Bonchev–Trinajstić information content (AvgIpc) is 2.92. The fourth-order valence-electron chi connectivity index (χ4n) is 1.92. The van der Waals surface area contributed by atoms with Crippen molar-refractivity contribution >= 4 is 23.1 Å². The van der Waals surface area contributed by atoms with Crippen LogP contribution in [0.4, 0.5) is 5.82 Å². The van der Waals surface area contributed by atoms with Gasteiger partial charge in [-0.15, -0.1) is 11.3 Å². The highest BCUT2D eigenvalue weighted by Gasteiger charge is 2.13. The van der Waals surface area contributed by atoms with Crippen molar-refractivity contribution in [2.75, 3.05) is 11.9 Å². The fourth-order valence-corrected chi connectivity index (χ4v) is 2.80. The van der Waals surface area contributed by atoms with Gasteiger partial charge in [0.1, 0.15) is 5.82 Å². The minimum Gasteiger partial charge on any atom is -0.370 e. The third-order valence-corrected chi connectivity index (χ3v) is 4.30. The highest BCUT2D eigenvalue weighted by molar-refractivity contribution is 7.12. The van der Waals surface area contributed by atoms with Gasteiger partial charge in [0.2, 0.25) is 0 Å². The van der Waals surface area contributed by atoms with E-state index in [1.165, 1.54) is 4.88 Å². The van der Waals surface area contributed by atoms with Crippen LogP contribution in [0.3, 0.4) is 0 Å². The van der Waals surface area contributed by atoms with E-state index in [1.54, 1.807) is 23.6 Å². The first kappa shape index (κ1) is 15.5. The van der Waals surface area contributed by atoms with Gasteiger partial charge in [0.15, 0.2) is 0 Å². The zero-order chi connectivity index (χ0) is 15.2. The third-order valence-electron chi connectivity index (χ3n) is 3.12. The Balaban J connectivity index is 1.96. The van der Waals surface area contributed by atoms with Crippen molar-refractivity contribution in [2.24, 2.45) is 0 Å². The number of anilines is 1. The zero-order valence-electron chi connectivity index (χ0n) is 12.6. The number of thiophene rings is 1. The van der Waals surface area contributed by atoms with Gasteiger partial charge in [0, 0.05) is 22.5 Å². The Kier molecular flexibility index (Phi) is 5.33. The Hall–Kier alpha value is -1.88. The summed E-state index contributed by atoms with van der Waals surface area (Å²) in [6.45, 7) is 7.04. The summed E-state index contributed by atoms with van der Waals surface area (Å²) in [6, 6.07) is 7.77. The molecule has 5 heteroatoms. The number of rotatable bonds is 6. The molecule has 0 aliphatic carbocycles. The molecular weight excluding hydrogens is 282 g/mol. The number of pyridine rings is 1. The maximum Gasteiger partial charge on any atom is 0.253 e. The second kappa shape index (κ2) is 7.22. The minimum absolute atomic E-state index is 0.00842. The van der Waals surface area contributed by atoms with Gasteiger partial charge < -0.3 is 10.6 Å². The van der Waals surface area contributed by atoms with Crippen molar-refractivity contribution in [3.05, 3.63) is 45.8 Å². The van der Waals surface area contributed by atoms with Crippen molar-refractivity contribution < 1.29 is 4.79 Å². The molecule has 0 radical (unpaired) electrons. The molecule has 0 aliphatic heterocycles. The van der Waals surface area contributed by atoms with Crippen LogP contribution in [0.15, 0.2) is 30.5 Å². The second-order valence-corrected chi connectivity index (χ2v) is 6.32. The monoisotopic (exact) mass is 303 g/mol. The van der Waals surface area contributed by atoms with Gasteiger partial charge in [-0.25, -0.2) is 4.98 Å². The van der Waals surface area contributed by atoms with Crippen molar-refractivity contribution in [2.45, 2.75) is 33.2 Å². The first-order valence-electron chi connectivity index (χ1n) is 7.17. The van der Waals surface area contributed by atoms with Crippen LogP contribution in [-0.2, 0) is 0 Å².